The van der Waals surface area contributed by atoms with Crippen LogP contribution in [0.4, 0.5) is 0 Å². The van der Waals surface area contributed by atoms with Crippen LogP contribution in [0.3, 0.4) is 0 Å². The van der Waals surface area contributed by atoms with Gasteiger partial charge in [-0.05, 0) is 16.6 Å². The van der Waals surface area contributed by atoms with Crippen molar-refractivity contribution in [2.75, 3.05) is 64.0 Å². The Balaban J connectivity index is 6.19. The van der Waals surface area contributed by atoms with Crippen molar-refractivity contribution in [1.82, 2.24) is 0 Å². The lowest BCUT2D eigenvalue weighted by Crippen LogP contribution is -2.43. The highest BCUT2D eigenvalue weighted by Gasteiger charge is 2.39. The molecular weight excluding hydrogens is 437 g/mol. The second-order valence-electron chi connectivity index (χ2n) is 4.63. The zero-order chi connectivity index (χ0) is 21.7. The maximum atomic E-state index is 5.31. The van der Waals surface area contributed by atoms with Crippen molar-refractivity contribution in [1.29, 1.82) is 0 Å². The van der Waals surface area contributed by atoms with Crippen molar-refractivity contribution in [2.24, 2.45) is 0 Å². The summed E-state index contributed by atoms with van der Waals surface area (Å²) in [5.74, 6) is 0. The average Bonchev–Trinajstić information content (AvgIpc) is 2.76. The van der Waals surface area contributed by atoms with Crippen LogP contribution in [0.1, 0.15) is 0 Å². The van der Waals surface area contributed by atoms with E-state index in [2.05, 4.69) is 33.3 Å². The molecule has 9 nitrogen and oxygen atoms in total. The molecule has 0 aromatic carbocycles. The fourth-order valence-electron chi connectivity index (χ4n) is 1.72. The van der Waals surface area contributed by atoms with E-state index in [0.717, 1.165) is 0 Å². The molecule has 13 heteroatoms. The Hall–Kier alpha value is -0.812. The lowest BCUT2D eigenvalue weighted by atomic mass is 11.3. The summed E-state index contributed by atoms with van der Waals surface area (Å²) in [6.07, 6.45) is 0. The standard InChI is InChI=1S/C15H27O9Si4/c1-16-26(17-2,18-3)13-10-25(11-14-27(19-4,20-5)21-6)12-15-28(22-7,23-8)24-9/h1-9H3. The Morgan fingerprint density at radius 1 is 0.393 bits per heavy atom. The Morgan fingerprint density at radius 2 is 0.571 bits per heavy atom. The molecule has 0 aliphatic heterocycles. The SMILES string of the molecule is CO[Si](C#C[Si](C#C[Si](OC)(OC)OC)C#C[Si](OC)(OC)OC)(OC)OC. The molecule has 28 heavy (non-hydrogen) atoms. The van der Waals surface area contributed by atoms with E-state index in [1.54, 1.807) is 0 Å². The summed E-state index contributed by atoms with van der Waals surface area (Å²) < 4.78 is 47.8. The third-order valence-corrected chi connectivity index (χ3v) is 11.4. The lowest BCUT2D eigenvalue weighted by molar-refractivity contribution is 0.141. The normalized spacial score (nSPS) is 11.8. The molecule has 0 fully saturated rings. The van der Waals surface area contributed by atoms with Crippen LogP contribution in [-0.4, -0.2) is 99.2 Å². The molecular formula is C15H27O9Si4. The zero-order valence-electron chi connectivity index (χ0n) is 17.7. The highest BCUT2D eigenvalue weighted by atomic mass is 28.4. The summed E-state index contributed by atoms with van der Waals surface area (Å²) in [4.78, 5) is 0. The summed E-state index contributed by atoms with van der Waals surface area (Å²) >= 11 is 0. The van der Waals surface area contributed by atoms with Crippen molar-refractivity contribution < 1.29 is 39.8 Å². The first-order valence-electron chi connectivity index (χ1n) is 7.76. The van der Waals surface area contributed by atoms with Crippen LogP contribution >= 0.6 is 0 Å². The minimum Gasteiger partial charge on any atom is -0.367 e. The Morgan fingerprint density at radius 3 is 0.714 bits per heavy atom. The third-order valence-electron chi connectivity index (χ3n) is 3.44. The Kier molecular flexibility index (Phi) is 13.0. The summed E-state index contributed by atoms with van der Waals surface area (Å²) in [5.41, 5.74) is 17.8. The molecule has 0 heterocycles. The minimum absolute atomic E-state index is 1.47. The predicted molar refractivity (Wildman–Crippen MR) is 109 cm³/mol. The van der Waals surface area contributed by atoms with Crippen molar-refractivity contribution >= 4 is 35.2 Å². The van der Waals surface area contributed by atoms with Gasteiger partial charge in [0.15, 0.2) is 0 Å². The molecule has 0 unspecified atom stereocenters. The van der Waals surface area contributed by atoms with Gasteiger partial charge in [-0.15, -0.1) is 0 Å². The van der Waals surface area contributed by atoms with E-state index in [1.165, 1.54) is 64.0 Å². The summed E-state index contributed by atoms with van der Waals surface area (Å²) in [7, 11) is 1.93. The van der Waals surface area contributed by atoms with Gasteiger partial charge in [0.25, 0.3) is 0 Å². The van der Waals surface area contributed by atoms with E-state index in [4.69, 9.17) is 39.8 Å². The van der Waals surface area contributed by atoms with Gasteiger partial charge in [0.05, 0.1) is 0 Å². The lowest BCUT2D eigenvalue weighted by Gasteiger charge is -2.18. The van der Waals surface area contributed by atoms with Crippen molar-refractivity contribution in [3.63, 3.8) is 0 Å². The topological polar surface area (TPSA) is 83.1 Å². The van der Waals surface area contributed by atoms with Crippen LogP contribution in [0.15, 0.2) is 0 Å². The van der Waals surface area contributed by atoms with E-state index in [1.807, 2.05) is 0 Å². The summed E-state index contributed by atoms with van der Waals surface area (Å²) in [6.45, 7) is 0. The van der Waals surface area contributed by atoms with Gasteiger partial charge in [-0.25, -0.2) is 0 Å². The molecule has 1 radical (unpaired) electrons. The molecule has 157 valence electrons. The molecule has 0 aliphatic rings. The average molecular weight is 464 g/mol. The van der Waals surface area contributed by atoms with Crippen molar-refractivity contribution in [2.45, 2.75) is 0 Å². The van der Waals surface area contributed by atoms with Crippen LogP contribution in [0.5, 0.6) is 0 Å². The van der Waals surface area contributed by atoms with Gasteiger partial charge >= 0.3 is 35.2 Å². The Labute approximate surface area is 172 Å². The molecule has 0 aliphatic carbocycles. The quantitative estimate of drug-likeness (QED) is 0.327. The molecule has 0 rings (SSSR count). The molecule has 0 saturated heterocycles. The minimum atomic E-state index is -3.12. The van der Waals surface area contributed by atoms with Gasteiger partial charge in [-0.2, -0.15) is 0 Å². The van der Waals surface area contributed by atoms with Crippen LogP contribution in [0.25, 0.3) is 0 Å². The zero-order valence-corrected chi connectivity index (χ0v) is 21.7. The summed E-state index contributed by atoms with van der Waals surface area (Å²) in [5, 5.41) is 0. The van der Waals surface area contributed by atoms with Crippen LogP contribution < -0.4 is 0 Å². The second-order valence-corrected chi connectivity index (χ2v) is 13.9. The molecule has 0 N–H and O–H groups in total. The molecule has 0 atom stereocenters. The van der Waals surface area contributed by atoms with E-state index in [-0.39, 0.29) is 0 Å². The highest BCUT2D eigenvalue weighted by Crippen LogP contribution is 2.06. The number of rotatable bonds is 9. The van der Waals surface area contributed by atoms with Gasteiger partial charge in [0.1, 0.15) is 0 Å². The molecule has 0 spiro atoms. The van der Waals surface area contributed by atoms with Crippen molar-refractivity contribution in [3.05, 3.63) is 0 Å². The first-order chi connectivity index (χ1) is 13.3. The molecule has 0 saturated carbocycles. The van der Waals surface area contributed by atoms with Gasteiger partial charge in [-0.3, -0.25) is 0 Å². The smallest absolute Gasteiger partial charge is 0.367 e. The highest BCUT2D eigenvalue weighted by molar-refractivity contribution is 6.87. The predicted octanol–water partition coefficient (Wildman–Crippen LogP) is -0.639. The van der Waals surface area contributed by atoms with Crippen molar-refractivity contribution in [3.8, 4) is 33.3 Å². The van der Waals surface area contributed by atoms with Gasteiger partial charge < -0.3 is 39.8 Å². The fraction of sp³-hybridized carbons (Fsp3) is 0.600. The fourth-order valence-corrected chi connectivity index (χ4v) is 7.66. The van der Waals surface area contributed by atoms with Crippen LogP contribution in [0, 0.1) is 33.3 Å². The monoisotopic (exact) mass is 463 g/mol. The third kappa shape index (κ3) is 7.55. The maximum Gasteiger partial charge on any atom is 0.590 e. The maximum absolute atomic E-state index is 5.31. The number of hydrogen-bond acceptors (Lipinski definition) is 9. The van der Waals surface area contributed by atoms with E-state index in [0.29, 0.717) is 0 Å². The largest absolute Gasteiger partial charge is 0.590 e. The Bertz CT molecular complexity index is 528. The van der Waals surface area contributed by atoms with Crippen LogP contribution in [-0.2, 0) is 39.8 Å². The molecule has 0 aromatic heterocycles. The summed E-state index contributed by atoms with van der Waals surface area (Å²) in [6, 6.07) is 0. The van der Waals surface area contributed by atoms with Gasteiger partial charge in [-0.1, -0.05) is 16.6 Å². The van der Waals surface area contributed by atoms with E-state index in [9.17, 15) is 0 Å². The molecule has 0 amide bonds. The van der Waals surface area contributed by atoms with Crippen LogP contribution in [0.2, 0.25) is 0 Å². The second kappa shape index (κ2) is 13.4. The molecule has 0 aromatic rings. The van der Waals surface area contributed by atoms with E-state index >= 15 is 0 Å². The van der Waals surface area contributed by atoms with Gasteiger partial charge in [0, 0.05) is 64.0 Å². The first-order valence-corrected chi connectivity index (χ1v) is 14.4. The number of hydrogen-bond donors (Lipinski definition) is 0. The molecule has 0 bridgehead atoms. The van der Waals surface area contributed by atoms with Gasteiger partial charge in [0.2, 0.25) is 0 Å². The first kappa shape index (κ1) is 27.2. The van der Waals surface area contributed by atoms with E-state index < -0.39 is 35.2 Å².